The van der Waals surface area contributed by atoms with Crippen LogP contribution in [0.4, 0.5) is 0 Å². The van der Waals surface area contributed by atoms with E-state index in [0.29, 0.717) is 24.2 Å². The fourth-order valence-corrected chi connectivity index (χ4v) is 0.912. The summed E-state index contributed by atoms with van der Waals surface area (Å²) >= 11 is 5.56. The van der Waals surface area contributed by atoms with E-state index in [1.54, 1.807) is 12.1 Å². The minimum Gasteiger partial charge on any atom is -0.474 e. The molecule has 0 saturated carbocycles. The Labute approximate surface area is 88.2 Å². The van der Waals surface area contributed by atoms with Gasteiger partial charge in [0.1, 0.15) is 6.61 Å². The highest BCUT2D eigenvalue weighted by Crippen LogP contribution is 2.07. The van der Waals surface area contributed by atoms with Crippen molar-refractivity contribution < 1.29 is 9.47 Å². The third kappa shape index (κ3) is 4.39. The maximum atomic E-state index is 5.56. The van der Waals surface area contributed by atoms with Gasteiger partial charge in [0.25, 0.3) is 0 Å². The quantitative estimate of drug-likeness (QED) is 0.706. The molecular formula is C9H13ClN2O2. The average Bonchev–Trinajstić information content (AvgIpc) is 2.15. The van der Waals surface area contributed by atoms with Gasteiger partial charge in [0.05, 0.1) is 12.7 Å². The van der Waals surface area contributed by atoms with Crippen LogP contribution >= 0.6 is 11.6 Å². The van der Waals surface area contributed by atoms with E-state index >= 15 is 0 Å². The third-order valence-electron chi connectivity index (χ3n) is 1.39. The second kappa shape index (κ2) is 5.78. The maximum Gasteiger partial charge on any atom is 0.233 e. The van der Waals surface area contributed by atoms with Crippen molar-refractivity contribution in [3.05, 3.63) is 17.3 Å². The van der Waals surface area contributed by atoms with Crippen molar-refractivity contribution in [1.82, 2.24) is 10.2 Å². The van der Waals surface area contributed by atoms with Crippen LogP contribution in [0.1, 0.15) is 13.8 Å². The van der Waals surface area contributed by atoms with Gasteiger partial charge in [0.15, 0.2) is 5.15 Å². The lowest BCUT2D eigenvalue weighted by Gasteiger charge is -2.07. The van der Waals surface area contributed by atoms with Crippen molar-refractivity contribution in [3.63, 3.8) is 0 Å². The summed E-state index contributed by atoms with van der Waals surface area (Å²) in [5.41, 5.74) is 0. The van der Waals surface area contributed by atoms with Gasteiger partial charge < -0.3 is 9.47 Å². The van der Waals surface area contributed by atoms with E-state index in [9.17, 15) is 0 Å². The first-order chi connectivity index (χ1) is 6.68. The maximum absolute atomic E-state index is 5.56. The van der Waals surface area contributed by atoms with Crippen LogP contribution in [0.2, 0.25) is 5.15 Å². The predicted molar refractivity (Wildman–Crippen MR) is 53.6 cm³/mol. The number of aromatic nitrogens is 2. The van der Waals surface area contributed by atoms with Gasteiger partial charge in [-0.05, 0) is 19.9 Å². The van der Waals surface area contributed by atoms with E-state index in [2.05, 4.69) is 10.2 Å². The molecule has 1 aromatic rings. The van der Waals surface area contributed by atoms with Crippen LogP contribution in [0.5, 0.6) is 5.88 Å². The summed E-state index contributed by atoms with van der Waals surface area (Å²) in [5.74, 6) is 0.460. The Morgan fingerprint density at radius 3 is 2.64 bits per heavy atom. The molecule has 0 saturated heterocycles. The molecule has 0 fully saturated rings. The average molecular weight is 217 g/mol. The van der Waals surface area contributed by atoms with E-state index in [1.807, 2.05) is 13.8 Å². The molecule has 14 heavy (non-hydrogen) atoms. The summed E-state index contributed by atoms with van der Waals surface area (Å²) in [4.78, 5) is 0. The van der Waals surface area contributed by atoms with E-state index in [0.717, 1.165) is 0 Å². The molecule has 0 aliphatic heterocycles. The number of hydrogen-bond donors (Lipinski definition) is 0. The first kappa shape index (κ1) is 11.2. The summed E-state index contributed by atoms with van der Waals surface area (Å²) in [6.07, 6.45) is 0.218. The van der Waals surface area contributed by atoms with Gasteiger partial charge >= 0.3 is 0 Å². The smallest absolute Gasteiger partial charge is 0.233 e. The van der Waals surface area contributed by atoms with E-state index in [4.69, 9.17) is 21.1 Å². The van der Waals surface area contributed by atoms with Crippen molar-refractivity contribution >= 4 is 11.6 Å². The molecule has 4 nitrogen and oxygen atoms in total. The molecule has 0 unspecified atom stereocenters. The second-order valence-corrected chi connectivity index (χ2v) is 3.35. The minimum atomic E-state index is 0.218. The number of ether oxygens (including phenoxy) is 2. The summed E-state index contributed by atoms with van der Waals surface area (Å²) in [6, 6.07) is 3.30. The summed E-state index contributed by atoms with van der Waals surface area (Å²) < 4.78 is 10.5. The van der Waals surface area contributed by atoms with E-state index in [-0.39, 0.29) is 6.10 Å². The van der Waals surface area contributed by atoms with Crippen LogP contribution in [0, 0.1) is 0 Å². The van der Waals surface area contributed by atoms with Gasteiger partial charge in [-0.15, -0.1) is 10.2 Å². The lowest BCUT2D eigenvalue weighted by molar-refractivity contribution is 0.0540. The molecule has 5 heteroatoms. The molecule has 0 spiro atoms. The molecule has 0 N–H and O–H groups in total. The molecule has 0 atom stereocenters. The van der Waals surface area contributed by atoms with Crippen LogP contribution in [0.3, 0.4) is 0 Å². The van der Waals surface area contributed by atoms with Crippen molar-refractivity contribution in [1.29, 1.82) is 0 Å². The van der Waals surface area contributed by atoms with Gasteiger partial charge in [-0.1, -0.05) is 11.6 Å². The predicted octanol–water partition coefficient (Wildman–Crippen LogP) is 1.93. The number of halogens is 1. The topological polar surface area (TPSA) is 44.2 Å². The van der Waals surface area contributed by atoms with Gasteiger partial charge in [-0.25, -0.2) is 0 Å². The zero-order chi connectivity index (χ0) is 10.4. The highest BCUT2D eigenvalue weighted by Gasteiger charge is 1.97. The molecule has 1 rings (SSSR count). The molecular weight excluding hydrogens is 204 g/mol. The van der Waals surface area contributed by atoms with E-state index in [1.165, 1.54) is 0 Å². The second-order valence-electron chi connectivity index (χ2n) is 2.96. The lowest BCUT2D eigenvalue weighted by Crippen LogP contribution is -2.11. The van der Waals surface area contributed by atoms with Crippen molar-refractivity contribution in [2.75, 3.05) is 13.2 Å². The molecule has 0 amide bonds. The minimum absolute atomic E-state index is 0.218. The Kier molecular flexibility index (Phi) is 4.62. The van der Waals surface area contributed by atoms with Crippen molar-refractivity contribution in [2.24, 2.45) is 0 Å². The Balaban J connectivity index is 2.21. The van der Waals surface area contributed by atoms with Gasteiger partial charge in [-0.3, -0.25) is 0 Å². The van der Waals surface area contributed by atoms with Gasteiger partial charge in [0, 0.05) is 6.07 Å². The first-order valence-corrected chi connectivity index (χ1v) is 4.80. The van der Waals surface area contributed by atoms with Gasteiger partial charge in [-0.2, -0.15) is 0 Å². The number of nitrogens with zero attached hydrogens (tertiary/aromatic N) is 2. The van der Waals surface area contributed by atoms with Crippen LogP contribution in [-0.2, 0) is 4.74 Å². The zero-order valence-electron chi connectivity index (χ0n) is 8.24. The molecule has 78 valence electrons. The molecule has 1 aromatic heterocycles. The molecule has 0 aliphatic carbocycles. The summed E-state index contributed by atoms with van der Waals surface area (Å²) in [7, 11) is 0. The summed E-state index contributed by atoms with van der Waals surface area (Å²) in [5, 5.41) is 7.74. The monoisotopic (exact) mass is 216 g/mol. The molecule has 0 aromatic carbocycles. The highest BCUT2D eigenvalue weighted by atomic mass is 35.5. The molecule has 0 aliphatic rings. The lowest BCUT2D eigenvalue weighted by atomic mass is 10.5. The number of rotatable bonds is 5. The largest absolute Gasteiger partial charge is 0.474 e. The van der Waals surface area contributed by atoms with Crippen molar-refractivity contribution in [2.45, 2.75) is 20.0 Å². The highest BCUT2D eigenvalue weighted by molar-refractivity contribution is 6.29. The zero-order valence-corrected chi connectivity index (χ0v) is 8.99. The van der Waals surface area contributed by atoms with Crippen LogP contribution < -0.4 is 4.74 Å². The standard InChI is InChI=1S/C9H13ClN2O2/c1-7(2)13-5-6-14-9-4-3-8(10)11-12-9/h3-4,7H,5-6H2,1-2H3. The molecule has 1 heterocycles. The van der Waals surface area contributed by atoms with Crippen LogP contribution in [0.15, 0.2) is 12.1 Å². The van der Waals surface area contributed by atoms with Crippen molar-refractivity contribution in [3.8, 4) is 5.88 Å². The van der Waals surface area contributed by atoms with Crippen LogP contribution in [0.25, 0.3) is 0 Å². The fourth-order valence-electron chi connectivity index (χ4n) is 0.811. The first-order valence-electron chi connectivity index (χ1n) is 4.42. The normalized spacial score (nSPS) is 10.6. The SMILES string of the molecule is CC(C)OCCOc1ccc(Cl)nn1. The van der Waals surface area contributed by atoms with E-state index < -0.39 is 0 Å². The Bertz CT molecular complexity index is 264. The number of hydrogen-bond acceptors (Lipinski definition) is 4. The van der Waals surface area contributed by atoms with Crippen LogP contribution in [-0.4, -0.2) is 29.5 Å². The third-order valence-corrected chi connectivity index (χ3v) is 1.59. The Hall–Kier alpha value is -0.870. The Morgan fingerprint density at radius 1 is 1.29 bits per heavy atom. The molecule has 0 bridgehead atoms. The Morgan fingerprint density at radius 2 is 2.07 bits per heavy atom. The fraction of sp³-hybridized carbons (Fsp3) is 0.556. The molecule has 0 radical (unpaired) electrons. The summed E-state index contributed by atoms with van der Waals surface area (Å²) in [6.45, 7) is 4.96. The van der Waals surface area contributed by atoms with Gasteiger partial charge in [0.2, 0.25) is 5.88 Å².